The fourth-order valence-corrected chi connectivity index (χ4v) is 3.55. The van der Waals surface area contributed by atoms with Gasteiger partial charge in [-0.1, -0.05) is 12.1 Å². The van der Waals surface area contributed by atoms with Crippen LogP contribution in [0.2, 0.25) is 0 Å². The second-order valence-corrected chi connectivity index (χ2v) is 7.88. The molecule has 0 aliphatic rings. The van der Waals surface area contributed by atoms with Crippen LogP contribution in [0.5, 0.6) is 0 Å². The number of hydrogen-bond donors (Lipinski definition) is 3. The number of carbonyl (C=O) groups excluding carboxylic acids is 1. The van der Waals surface area contributed by atoms with Gasteiger partial charge in [0.25, 0.3) is 5.91 Å². The Bertz CT molecular complexity index is 1330. The zero-order chi connectivity index (χ0) is 24.3. The summed E-state index contributed by atoms with van der Waals surface area (Å²) in [6, 6.07) is 14.0. The van der Waals surface area contributed by atoms with Crippen LogP contribution in [0.25, 0.3) is 11.4 Å². The molecule has 0 unspecified atom stereocenters. The number of nitrogens with zero attached hydrogens (tertiary/aromatic N) is 5. The van der Waals surface area contributed by atoms with E-state index in [4.69, 9.17) is 22.5 Å². The molecule has 4 aromatic rings. The molecule has 168 valence electrons. The van der Waals surface area contributed by atoms with E-state index in [0.717, 1.165) is 33.6 Å². The first-order chi connectivity index (χ1) is 15.6. The molecule has 2 aromatic heterocycles. The Kier molecular flexibility index (Phi) is 6.49. The third-order valence-electron chi connectivity index (χ3n) is 4.90. The smallest absolute Gasteiger partial charge is 0.254 e. The van der Waals surface area contributed by atoms with Crippen LogP contribution in [0.15, 0.2) is 48.8 Å². The predicted molar refractivity (Wildman–Crippen MR) is 128 cm³/mol. The van der Waals surface area contributed by atoms with Crippen LogP contribution < -0.4 is 17.2 Å². The van der Waals surface area contributed by atoms with Gasteiger partial charge in [-0.25, -0.2) is 9.36 Å². The zero-order valence-electron chi connectivity index (χ0n) is 19.0. The number of amides is 1. The Labute approximate surface area is 192 Å². The molecule has 6 N–H and O–H groups in total. The average molecular weight is 443 g/mol. The van der Waals surface area contributed by atoms with E-state index in [1.165, 1.54) is 17.1 Å². The lowest BCUT2D eigenvalue weighted by molar-refractivity contribution is 0.100. The van der Waals surface area contributed by atoms with Crippen LogP contribution in [-0.2, 0) is 0 Å². The number of carbonyl (C=O) groups is 1. The molecule has 33 heavy (non-hydrogen) atoms. The minimum Gasteiger partial charge on any atom is -0.383 e. The van der Waals surface area contributed by atoms with Crippen molar-refractivity contribution in [1.82, 2.24) is 19.6 Å². The Morgan fingerprint density at radius 1 is 0.788 bits per heavy atom. The fraction of sp³-hybridized carbons (Fsp3) is 0.167. The van der Waals surface area contributed by atoms with Gasteiger partial charge in [0.1, 0.15) is 28.8 Å². The maximum Gasteiger partial charge on any atom is 0.254 e. The van der Waals surface area contributed by atoms with Crippen LogP contribution in [0, 0.1) is 39.0 Å². The van der Waals surface area contributed by atoms with Crippen LogP contribution in [0.4, 0.5) is 11.6 Å². The molecule has 0 fully saturated rings. The number of anilines is 2. The maximum absolute atomic E-state index is 11.1. The molecule has 0 bridgehead atoms. The summed E-state index contributed by atoms with van der Waals surface area (Å²) in [7, 11) is 0. The number of hydrogen-bond acceptors (Lipinski definition) is 6. The van der Waals surface area contributed by atoms with Crippen LogP contribution in [0.1, 0.15) is 38.2 Å². The molecule has 1 amide bonds. The highest BCUT2D eigenvalue weighted by atomic mass is 16.1. The molecule has 0 aliphatic carbocycles. The second kappa shape index (κ2) is 9.28. The maximum atomic E-state index is 11.1. The molecule has 2 heterocycles. The van der Waals surface area contributed by atoms with Crippen molar-refractivity contribution in [3.8, 4) is 17.4 Å². The molecule has 0 saturated heterocycles. The van der Waals surface area contributed by atoms with E-state index in [0.29, 0.717) is 11.4 Å². The third kappa shape index (κ3) is 5.02. The molecular formula is C24H26N8O. The molecule has 2 aromatic carbocycles. The van der Waals surface area contributed by atoms with Gasteiger partial charge < -0.3 is 17.2 Å². The number of aromatic nitrogens is 4. The summed E-state index contributed by atoms with van der Waals surface area (Å²) in [5.41, 5.74) is 23.7. The van der Waals surface area contributed by atoms with E-state index in [1.54, 1.807) is 4.68 Å². The molecular weight excluding hydrogens is 416 g/mol. The van der Waals surface area contributed by atoms with Crippen molar-refractivity contribution in [2.45, 2.75) is 27.7 Å². The molecule has 0 aliphatic heterocycles. The Balaban J connectivity index is 0.000000186. The van der Waals surface area contributed by atoms with E-state index in [2.05, 4.69) is 22.3 Å². The number of nitrogens with two attached hydrogens (primary N) is 3. The number of rotatable bonds is 3. The predicted octanol–water partition coefficient (Wildman–Crippen LogP) is 3.11. The van der Waals surface area contributed by atoms with Gasteiger partial charge in [-0.2, -0.15) is 15.5 Å². The number of benzene rings is 2. The van der Waals surface area contributed by atoms with Gasteiger partial charge in [0.15, 0.2) is 0 Å². The average Bonchev–Trinajstić information content (AvgIpc) is 3.29. The van der Waals surface area contributed by atoms with Gasteiger partial charge in [0.2, 0.25) is 0 Å². The normalized spacial score (nSPS) is 10.3. The third-order valence-corrected chi connectivity index (χ3v) is 4.90. The summed E-state index contributed by atoms with van der Waals surface area (Å²) in [5, 5.41) is 17.0. The van der Waals surface area contributed by atoms with Crippen molar-refractivity contribution in [3.05, 3.63) is 82.2 Å². The minimum absolute atomic E-state index is 0.240. The number of primary amides is 1. The lowest BCUT2D eigenvalue weighted by Crippen LogP contribution is -2.13. The second-order valence-electron chi connectivity index (χ2n) is 7.88. The molecule has 9 nitrogen and oxygen atoms in total. The highest BCUT2D eigenvalue weighted by molar-refractivity contribution is 5.97. The standard InChI is InChI=1S/C12H14N4O.C12H12N4/c1-7-3-8(2)5-9(4-7)16-11(13)10(6-15-16)12(14)17;1-8-3-9(2)5-11(4-8)16-12(14)10(6-13)7-15-16/h3-6H,13H2,1-2H3,(H2,14,17);3-5,7H,14H2,1-2H3. The number of aryl methyl sites for hydroxylation is 4. The topological polar surface area (TPSA) is 155 Å². The molecule has 9 heteroatoms. The molecule has 0 radical (unpaired) electrons. The first-order valence-corrected chi connectivity index (χ1v) is 10.1. The van der Waals surface area contributed by atoms with E-state index in [-0.39, 0.29) is 11.4 Å². The van der Waals surface area contributed by atoms with Crippen LogP contribution in [-0.4, -0.2) is 25.5 Å². The van der Waals surface area contributed by atoms with Gasteiger partial charge in [-0.15, -0.1) is 0 Å². The van der Waals surface area contributed by atoms with Gasteiger partial charge >= 0.3 is 0 Å². The van der Waals surface area contributed by atoms with Gasteiger partial charge in [-0.3, -0.25) is 4.79 Å². The van der Waals surface area contributed by atoms with Crippen molar-refractivity contribution < 1.29 is 4.79 Å². The van der Waals surface area contributed by atoms with E-state index in [9.17, 15) is 4.79 Å². The van der Waals surface area contributed by atoms with E-state index >= 15 is 0 Å². The van der Waals surface area contributed by atoms with E-state index in [1.807, 2.05) is 58.0 Å². The Hall–Kier alpha value is -4.58. The van der Waals surface area contributed by atoms with Gasteiger partial charge in [0.05, 0.1) is 23.8 Å². The van der Waals surface area contributed by atoms with Crippen molar-refractivity contribution in [3.63, 3.8) is 0 Å². The highest BCUT2D eigenvalue weighted by Gasteiger charge is 2.13. The SMILES string of the molecule is Cc1cc(C)cc(-n2ncc(C#N)c2N)c1.Cc1cc(C)cc(-n2ncc(C(N)=O)c2N)c1. The number of nitrogen functional groups attached to an aromatic ring is 2. The van der Waals surface area contributed by atoms with Crippen LogP contribution >= 0.6 is 0 Å². The van der Waals surface area contributed by atoms with Crippen LogP contribution in [0.3, 0.4) is 0 Å². The summed E-state index contributed by atoms with van der Waals surface area (Å²) >= 11 is 0. The van der Waals surface area contributed by atoms with Crippen molar-refractivity contribution >= 4 is 17.5 Å². The van der Waals surface area contributed by atoms with Gasteiger partial charge in [0, 0.05) is 0 Å². The monoisotopic (exact) mass is 442 g/mol. The lowest BCUT2D eigenvalue weighted by Gasteiger charge is -2.07. The lowest BCUT2D eigenvalue weighted by atomic mass is 10.1. The van der Waals surface area contributed by atoms with E-state index < -0.39 is 5.91 Å². The quantitative estimate of drug-likeness (QED) is 0.443. The Morgan fingerprint density at radius 2 is 1.21 bits per heavy atom. The first kappa shape index (κ1) is 23.1. The van der Waals surface area contributed by atoms with Crippen molar-refractivity contribution in [2.24, 2.45) is 5.73 Å². The summed E-state index contributed by atoms with van der Waals surface area (Å²) < 4.78 is 3.10. The molecule has 0 atom stereocenters. The highest BCUT2D eigenvalue weighted by Crippen LogP contribution is 2.20. The molecule has 0 spiro atoms. The summed E-state index contributed by atoms with van der Waals surface area (Å²) in [6.45, 7) is 8.01. The summed E-state index contributed by atoms with van der Waals surface area (Å²) in [4.78, 5) is 11.1. The fourth-order valence-electron chi connectivity index (χ4n) is 3.55. The number of nitriles is 1. The zero-order valence-corrected chi connectivity index (χ0v) is 19.0. The first-order valence-electron chi connectivity index (χ1n) is 10.1. The minimum atomic E-state index is -0.571. The Morgan fingerprint density at radius 3 is 1.58 bits per heavy atom. The van der Waals surface area contributed by atoms with Crippen molar-refractivity contribution in [2.75, 3.05) is 11.5 Å². The molecule has 4 rings (SSSR count). The van der Waals surface area contributed by atoms with Gasteiger partial charge in [-0.05, 0) is 74.2 Å². The summed E-state index contributed by atoms with van der Waals surface area (Å²) in [6.07, 6.45) is 2.86. The summed E-state index contributed by atoms with van der Waals surface area (Å²) in [5.74, 6) is 0.0770. The van der Waals surface area contributed by atoms with Crippen molar-refractivity contribution in [1.29, 1.82) is 5.26 Å². The molecule has 0 saturated carbocycles. The largest absolute Gasteiger partial charge is 0.383 e.